The first-order valence-corrected chi connectivity index (χ1v) is 9.27. The van der Waals surface area contributed by atoms with E-state index in [9.17, 15) is 15.0 Å². The molecule has 2 aliphatic heterocycles. The number of rotatable bonds is 4. The van der Waals surface area contributed by atoms with Crippen LogP contribution in [0.15, 0.2) is 43.0 Å². The Hall–Kier alpha value is -2.92. The second-order valence-electron chi connectivity index (χ2n) is 7.68. The van der Waals surface area contributed by atoms with Crippen LogP contribution in [0.5, 0.6) is 0 Å². The minimum atomic E-state index is -1.22. The van der Waals surface area contributed by atoms with E-state index in [0.29, 0.717) is 16.7 Å². The van der Waals surface area contributed by atoms with Gasteiger partial charge in [-0.3, -0.25) is 9.36 Å². The zero-order valence-corrected chi connectivity index (χ0v) is 15.1. The Balaban J connectivity index is 1.34. The molecule has 2 aromatic heterocycles. The zero-order valence-electron chi connectivity index (χ0n) is 15.1. The third-order valence-electron chi connectivity index (χ3n) is 6.08. The highest BCUT2D eigenvalue weighted by molar-refractivity contribution is 6.06. The van der Waals surface area contributed by atoms with Crippen LogP contribution in [-0.2, 0) is 9.47 Å². The molecule has 1 aliphatic carbocycles. The van der Waals surface area contributed by atoms with Crippen LogP contribution in [0.3, 0.4) is 0 Å². The molecule has 4 heterocycles. The van der Waals surface area contributed by atoms with Gasteiger partial charge in [-0.25, -0.2) is 15.0 Å². The molecule has 1 saturated carbocycles. The molecule has 148 valence electrons. The van der Waals surface area contributed by atoms with Crippen LogP contribution in [0.1, 0.15) is 23.0 Å². The molecule has 10 nitrogen and oxygen atoms in total. The quantitative estimate of drug-likeness (QED) is 0.580. The molecule has 2 saturated heterocycles. The van der Waals surface area contributed by atoms with E-state index in [1.165, 1.54) is 6.33 Å². The second kappa shape index (κ2) is 5.57. The van der Waals surface area contributed by atoms with Crippen LogP contribution >= 0.6 is 0 Å². The van der Waals surface area contributed by atoms with Gasteiger partial charge in [0.15, 0.2) is 29.0 Å². The Labute approximate surface area is 164 Å². The van der Waals surface area contributed by atoms with Gasteiger partial charge >= 0.3 is 0 Å². The summed E-state index contributed by atoms with van der Waals surface area (Å²) in [7, 11) is 0. The molecule has 3 aromatic rings. The number of imidazole rings is 1. The SMILES string of the molecule is O=C(Nc1ncnc2c1ncn2[C@@H]1O[C@@]2(CO)CC3(O)OC1C32)c1ccccc1. The Kier molecular flexibility index (Phi) is 3.26. The molecule has 0 bridgehead atoms. The average Bonchev–Trinajstić information content (AvgIpc) is 3.20. The van der Waals surface area contributed by atoms with Gasteiger partial charge in [-0.1, -0.05) is 18.2 Å². The topological polar surface area (TPSA) is 132 Å². The highest BCUT2D eigenvalue weighted by Crippen LogP contribution is 2.68. The smallest absolute Gasteiger partial charge is 0.256 e. The molecule has 10 heteroatoms. The van der Waals surface area contributed by atoms with Crippen molar-refractivity contribution in [3.8, 4) is 0 Å². The summed E-state index contributed by atoms with van der Waals surface area (Å²) < 4.78 is 13.4. The normalized spacial score (nSPS) is 34.3. The summed E-state index contributed by atoms with van der Waals surface area (Å²) in [6.07, 6.45) is 2.11. The average molecular weight is 395 g/mol. The first-order valence-electron chi connectivity index (χ1n) is 9.27. The summed E-state index contributed by atoms with van der Waals surface area (Å²) in [5.41, 5.74) is 0.562. The Morgan fingerprint density at radius 1 is 1.24 bits per heavy atom. The van der Waals surface area contributed by atoms with Gasteiger partial charge in [0.25, 0.3) is 5.91 Å². The van der Waals surface area contributed by atoms with Crippen LogP contribution in [0.2, 0.25) is 0 Å². The van der Waals surface area contributed by atoms with Gasteiger partial charge in [-0.05, 0) is 12.1 Å². The number of nitrogens with zero attached hydrogens (tertiary/aromatic N) is 4. The Bertz CT molecular complexity index is 1140. The van der Waals surface area contributed by atoms with Crippen LogP contribution in [0, 0.1) is 5.92 Å². The van der Waals surface area contributed by atoms with E-state index in [1.54, 1.807) is 35.2 Å². The lowest BCUT2D eigenvalue weighted by atomic mass is 9.59. The number of amides is 1. The summed E-state index contributed by atoms with van der Waals surface area (Å²) in [6.45, 7) is -0.198. The molecule has 5 atom stereocenters. The first kappa shape index (κ1) is 17.0. The summed E-state index contributed by atoms with van der Waals surface area (Å²) in [4.78, 5) is 25.3. The van der Waals surface area contributed by atoms with Gasteiger partial charge in [-0.15, -0.1) is 0 Å². The highest BCUT2D eigenvalue weighted by atomic mass is 16.7. The minimum absolute atomic E-state index is 0.198. The largest absolute Gasteiger partial charge is 0.393 e. The number of fused-ring (bicyclic) bond motifs is 1. The number of aromatic nitrogens is 4. The molecular formula is C19H17N5O5. The number of hydrogen-bond acceptors (Lipinski definition) is 8. The maximum Gasteiger partial charge on any atom is 0.256 e. The number of carbonyl (C=O) groups is 1. The predicted octanol–water partition coefficient (Wildman–Crippen LogP) is 0.446. The van der Waals surface area contributed by atoms with E-state index in [-0.39, 0.29) is 30.7 Å². The van der Waals surface area contributed by atoms with E-state index >= 15 is 0 Å². The molecule has 3 aliphatic rings. The van der Waals surface area contributed by atoms with Crippen molar-refractivity contribution in [2.45, 2.75) is 30.1 Å². The lowest BCUT2D eigenvalue weighted by Gasteiger charge is -2.62. The summed E-state index contributed by atoms with van der Waals surface area (Å²) in [5, 5.41) is 22.9. The second-order valence-corrected chi connectivity index (χ2v) is 7.68. The highest BCUT2D eigenvalue weighted by Gasteiger charge is 2.81. The number of aliphatic hydroxyl groups excluding tert-OH is 1. The van der Waals surface area contributed by atoms with Gasteiger partial charge < -0.3 is 25.0 Å². The Morgan fingerprint density at radius 2 is 2.07 bits per heavy atom. The van der Waals surface area contributed by atoms with E-state index < -0.39 is 23.7 Å². The zero-order chi connectivity index (χ0) is 19.8. The maximum absolute atomic E-state index is 12.5. The lowest BCUT2D eigenvalue weighted by Crippen LogP contribution is -2.77. The molecule has 29 heavy (non-hydrogen) atoms. The number of ether oxygens (including phenoxy) is 2. The third-order valence-corrected chi connectivity index (χ3v) is 6.08. The Morgan fingerprint density at radius 3 is 2.79 bits per heavy atom. The maximum atomic E-state index is 12.5. The number of aliphatic hydroxyl groups is 2. The number of anilines is 1. The minimum Gasteiger partial charge on any atom is -0.393 e. The van der Waals surface area contributed by atoms with Crippen LogP contribution < -0.4 is 5.32 Å². The molecule has 0 radical (unpaired) electrons. The fraction of sp³-hybridized carbons (Fsp3) is 0.368. The summed E-state index contributed by atoms with van der Waals surface area (Å²) in [6, 6.07) is 8.80. The molecular weight excluding hydrogens is 378 g/mol. The van der Waals surface area contributed by atoms with E-state index in [2.05, 4.69) is 20.3 Å². The van der Waals surface area contributed by atoms with E-state index in [1.807, 2.05) is 6.07 Å². The molecule has 3 N–H and O–H groups in total. The van der Waals surface area contributed by atoms with Gasteiger partial charge in [0.05, 0.1) is 18.9 Å². The first-order chi connectivity index (χ1) is 14.0. The van der Waals surface area contributed by atoms with Crippen molar-refractivity contribution in [3.05, 3.63) is 48.5 Å². The van der Waals surface area contributed by atoms with Crippen LogP contribution in [0.25, 0.3) is 11.2 Å². The summed E-state index contributed by atoms with van der Waals surface area (Å²) in [5.74, 6) is -1.53. The monoisotopic (exact) mass is 395 g/mol. The standard InChI is InChI=1S/C19H17N5O5/c25-7-18-6-19(27)13(18)12(28-19)17(29-18)24-9-22-11-14(20-8-21-15(11)24)23-16(26)10-4-2-1-3-5-10/h1-5,8-9,12-13,17,25,27H,6-7H2,(H,20,21,23,26)/t12?,13?,17-,18-,19?/m1/s1. The van der Waals surface area contributed by atoms with E-state index in [0.717, 1.165) is 0 Å². The molecule has 6 rings (SSSR count). The predicted molar refractivity (Wildman–Crippen MR) is 97.6 cm³/mol. The van der Waals surface area contributed by atoms with Crippen molar-refractivity contribution >= 4 is 22.9 Å². The molecule has 0 spiro atoms. The number of carbonyl (C=O) groups excluding carboxylic acids is 1. The van der Waals surface area contributed by atoms with Crippen molar-refractivity contribution < 1.29 is 24.5 Å². The molecule has 1 amide bonds. The lowest BCUT2D eigenvalue weighted by molar-refractivity contribution is -0.434. The van der Waals surface area contributed by atoms with Crippen molar-refractivity contribution in [1.29, 1.82) is 0 Å². The van der Waals surface area contributed by atoms with Gasteiger partial charge in [0, 0.05) is 12.0 Å². The molecule has 3 fully saturated rings. The molecule has 3 unspecified atom stereocenters. The van der Waals surface area contributed by atoms with Crippen LogP contribution in [-0.4, -0.2) is 59.7 Å². The van der Waals surface area contributed by atoms with Gasteiger partial charge in [0.1, 0.15) is 18.0 Å². The van der Waals surface area contributed by atoms with E-state index in [4.69, 9.17) is 9.47 Å². The van der Waals surface area contributed by atoms with Gasteiger partial charge in [0.2, 0.25) is 0 Å². The summed E-state index contributed by atoms with van der Waals surface area (Å²) >= 11 is 0. The molecule has 1 aromatic carbocycles. The van der Waals surface area contributed by atoms with Crippen molar-refractivity contribution in [3.63, 3.8) is 0 Å². The van der Waals surface area contributed by atoms with Crippen molar-refractivity contribution in [2.75, 3.05) is 11.9 Å². The fourth-order valence-corrected chi connectivity index (χ4v) is 4.78. The van der Waals surface area contributed by atoms with Crippen molar-refractivity contribution in [1.82, 2.24) is 19.5 Å². The van der Waals surface area contributed by atoms with Gasteiger partial charge in [-0.2, -0.15) is 0 Å². The number of nitrogens with one attached hydrogen (secondary N) is 1. The van der Waals surface area contributed by atoms with Crippen molar-refractivity contribution in [2.24, 2.45) is 5.92 Å². The number of hydrogen-bond donors (Lipinski definition) is 3. The fourth-order valence-electron chi connectivity index (χ4n) is 4.78. The van der Waals surface area contributed by atoms with Crippen LogP contribution in [0.4, 0.5) is 5.82 Å². The number of benzene rings is 1. The third kappa shape index (κ3) is 2.14.